The van der Waals surface area contributed by atoms with E-state index in [4.69, 9.17) is 9.47 Å². The van der Waals surface area contributed by atoms with Gasteiger partial charge in [0.1, 0.15) is 5.76 Å². The maximum atomic E-state index is 5.84. The maximum absolute atomic E-state index is 5.84. The van der Waals surface area contributed by atoms with Crippen LogP contribution >= 0.6 is 0 Å². The van der Waals surface area contributed by atoms with Crippen LogP contribution in [0.25, 0.3) is 6.08 Å². The van der Waals surface area contributed by atoms with Crippen LogP contribution in [0, 0.1) is 0 Å². The molecule has 2 aliphatic rings. The van der Waals surface area contributed by atoms with Gasteiger partial charge in [-0.05, 0) is 30.2 Å². The number of benzene rings is 1. The molecule has 82 valence electrons. The summed E-state index contributed by atoms with van der Waals surface area (Å²) in [6.45, 7) is 0.795. The van der Waals surface area contributed by atoms with Crippen LogP contribution in [0.2, 0.25) is 0 Å². The molecule has 1 saturated heterocycles. The summed E-state index contributed by atoms with van der Waals surface area (Å²) < 4.78 is 11.5. The summed E-state index contributed by atoms with van der Waals surface area (Å²) >= 11 is 0. The highest BCUT2D eigenvalue weighted by Crippen LogP contribution is 2.36. The zero-order valence-corrected chi connectivity index (χ0v) is 9.06. The second-order valence-corrected chi connectivity index (χ2v) is 4.16. The lowest BCUT2D eigenvalue weighted by Gasteiger charge is -2.20. The predicted octanol–water partition coefficient (Wildman–Crippen LogP) is 3.12. The molecule has 1 aromatic carbocycles. The van der Waals surface area contributed by atoms with Crippen LogP contribution in [0.5, 0.6) is 0 Å². The minimum Gasteiger partial charge on any atom is -0.459 e. The van der Waals surface area contributed by atoms with Crippen molar-refractivity contribution in [3.63, 3.8) is 0 Å². The van der Waals surface area contributed by atoms with Gasteiger partial charge in [-0.15, -0.1) is 0 Å². The SMILES string of the molecule is C1=CC2(CCCO2)OC1=Cc1ccccc1. The summed E-state index contributed by atoms with van der Waals surface area (Å²) in [6, 6.07) is 10.2. The first-order chi connectivity index (χ1) is 7.86. The number of rotatable bonds is 1. The smallest absolute Gasteiger partial charge is 0.230 e. The minimum absolute atomic E-state index is 0.458. The Balaban J connectivity index is 1.80. The first kappa shape index (κ1) is 9.67. The summed E-state index contributed by atoms with van der Waals surface area (Å²) in [5.74, 6) is 0.425. The van der Waals surface area contributed by atoms with Crippen molar-refractivity contribution >= 4 is 6.08 Å². The normalized spacial score (nSPS) is 30.1. The molecule has 0 saturated carbocycles. The fraction of sp³-hybridized carbons (Fsp3) is 0.286. The molecule has 2 heterocycles. The molecular weight excluding hydrogens is 200 g/mol. The van der Waals surface area contributed by atoms with Gasteiger partial charge in [-0.3, -0.25) is 0 Å². The molecule has 0 N–H and O–H groups in total. The molecule has 0 aromatic heterocycles. The molecule has 1 atom stereocenters. The first-order valence-corrected chi connectivity index (χ1v) is 5.65. The van der Waals surface area contributed by atoms with Gasteiger partial charge in [0.2, 0.25) is 5.79 Å². The minimum atomic E-state index is -0.458. The number of allylic oxidation sites excluding steroid dienone is 1. The highest BCUT2D eigenvalue weighted by molar-refractivity contribution is 5.54. The highest BCUT2D eigenvalue weighted by Gasteiger charge is 2.38. The van der Waals surface area contributed by atoms with Crippen LogP contribution in [-0.2, 0) is 9.47 Å². The van der Waals surface area contributed by atoms with Crippen LogP contribution in [0.1, 0.15) is 18.4 Å². The number of hydrogen-bond acceptors (Lipinski definition) is 2. The Bertz CT molecular complexity index is 425. The molecule has 16 heavy (non-hydrogen) atoms. The van der Waals surface area contributed by atoms with Crippen LogP contribution < -0.4 is 0 Å². The Hall–Kier alpha value is -1.54. The van der Waals surface area contributed by atoms with E-state index in [1.54, 1.807) is 0 Å². The van der Waals surface area contributed by atoms with Gasteiger partial charge < -0.3 is 9.47 Å². The predicted molar refractivity (Wildman–Crippen MR) is 62.6 cm³/mol. The van der Waals surface area contributed by atoms with Gasteiger partial charge in [-0.1, -0.05) is 30.3 Å². The molecule has 0 aliphatic carbocycles. The zero-order chi connectivity index (χ0) is 10.8. The van der Waals surface area contributed by atoms with Gasteiger partial charge in [0, 0.05) is 6.42 Å². The Labute approximate surface area is 95.2 Å². The second-order valence-electron chi connectivity index (χ2n) is 4.16. The molecule has 0 radical (unpaired) electrons. The van der Waals surface area contributed by atoms with E-state index < -0.39 is 5.79 Å². The van der Waals surface area contributed by atoms with Crippen molar-refractivity contribution in [3.8, 4) is 0 Å². The standard InChI is InChI=1S/C14H14O2/c1-2-5-12(6-3-1)11-13-7-9-14(16-13)8-4-10-15-14/h1-3,5-7,9,11H,4,8,10H2. The van der Waals surface area contributed by atoms with E-state index >= 15 is 0 Å². The van der Waals surface area contributed by atoms with E-state index in [2.05, 4.69) is 12.1 Å². The van der Waals surface area contributed by atoms with Crippen LogP contribution in [0.3, 0.4) is 0 Å². The summed E-state index contributed by atoms with van der Waals surface area (Å²) in [4.78, 5) is 0. The van der Waals surface area contributed by atoms with Crippen LogP contribution in [0.4, 0.5) is 0 Å². The Morgan fingerprint density at radius 3 is 2.81 bits per heavy atom. The van der Waals surface area contributed by atoms with E-state index in [0.29, 0.717) is 0 Å². The fourth-order valence-corrected chi connectivity index (χ4v) is 2.12. The average Bonchev–Trinajstić information content (AvgIpc) is 2.92. The molecule has 1 unspecified atom stereocenters. The molecule has 0 bridgehead atoms. The summed E-state index contributed by atoms with van der Waals surface area (Å²) in [6.07, 6.45) is 8.08. The van der Waals surface area contributed by atoms with Gasteiger partial charge >= 0.3 is 0 Å². The average molecular weight is 214 g/mol. The molecular formula is C14H14O2. The van der Waals surface area contributed by atoms with Crippen molar-refractivity contribution in [2.24, 2.45) is 0 Å². The first-order valence-electron chi connectivity index (χ1n) is 5.65. The van der Waals surface area contributed by atoms with Gasteiger partial charge in [0.25, 0.3) is 0 Å². The Morgan fingerprint density at radius 1 is 1.19 bits per heavy atom. The van der Waals surface area contributed by atoms with E-state index in [-0.39, 0.29) is 0 Å². The molecule has 1 aromatic rings. The van der Waals surface area contributed by atoms with Crippen molar-refractivity contribution in [2.75, 3.05) is 6.61 Å². The number of ether oxygens (including phenoxy) is 2. The Morgan fingerprint density at radius 2 is 2.06 bits per heavy atom. The molecule has 3 rings (SSSR count). The molecule has 2 aliphatic heterocycles. The monoisotopic (exact) mass is 214 g/mol. The summed E-state index contributed by atoms with van der Waals surface area (Å²) in [5, 5.41) is 0. The largest absolute Gasteiger partial charge is 0.459 e. The number of hydrogen-bond donors (Lipinski definition) is 0. The third-order valence-electron chi connectivity index (χ3n) is 2.92. The van der Waals surface area contributed by atoms with Crippen molar-refractivity contribution in [3.05, 3.63) is 53.8 Å². The molecule has 2 heteroatoms. The fourth-order valence-electron chi connectivity index (χ4n) is 2.12. The lowest BCUT2D eigenvalue weighted by atomic mass is 10.2. The van der Waals surface area contributed by atoms with E-state index in [1.165, 1.54) is 0 Å². The third-order valence-corrected chi connectivity index (χ3v) is 2.92. The van der Waals surface area contributed by atoms with Crippen LogP contribution in [-0.4, -0.2) is 12.4 Å². The molecule has 0 amide bonds. The van der Waals surface area contributed by atoms with Crippen molar-refractivity contribution < 1.29 is 9.47 Å². The van der Waals surface area contributed by atoms with Gasteiger partial charge in [0.15, 0.2) is 0 Å². The van der Waals surface area contributed by atoms with Crippen molar-refractivity contribution in [1.82, 2.24) is 0 Å². The van der Waals surface area contributed by atoms with Gasteiger partial charge in [-0.2, -0.15) is 0 Å². The maximum Gasteiger partial charge on any atom is 0.230 e. The lowest BCUT2D eigenvalue weighted by Crippen LogP contribution is -2.24. The topological polar surface area (TPSA) is 18.5 Å². The van der Waals surface area contributed by atoms with Crippen LogP contribution in [0.15, 0.2) is 48.2 Å². The lowest BCUT2D eigenvalue weighted by molar-refractivity contribution is -0.135. The van der Waals surface area contributed by atoms with Gasteiger partial charge in [-0.25, -0.2) is 0 Å². The van der Waals surface area contributed by atoms with E-state index in [9.17, 15) is 0 Å². The quantitative estimate of drug-likeness (QED) is 0.715. The zero-order valence-electron chi connectivity index (χ0n) is 9.06. The molecule has 1 spiro atoms. The van der Waals surface area contributed by atoms with Crippen molar-refractivity contribution in [1.29, 1.82) is 0 Å². The third kappa shape index (κ3) is 1.76. The summed E-state index contributed by atoms with van der Waals surface area (Å²) in [5.41, 5.74) is 1.15. The molecule has 1 fully saturated rings. The molecule has 2 nitrogen and oxygen atoms in total. The Kier molecular flexibility index (Phi) is 2.29. The second kappa shape index (κ2) is 3.80. The van der Waals surface area contributed by atoms with Crippen molar-refractivity contribution in [2.45, 2.75) is 18.6 Å². The highest BCUT2D eigenvalue weighted by atomic mass is 16.7. The summed E-state index contributed by atoms with van der Waals surface area (Å²) in [7, 11) is 0. The van der Waals surface area contributed by atoms with E-state index in [1.807, 2.05) is 36.4 Å². The van der Waals surface area contributed by atoms with E-state index in [0.717, 1.165) is 30.8 Å². The van der Waals surface area contributed by atoms with Gasteiger partial charge in [0.05, 0.1) is 6.61 Å².